The third-order valence-electron chi connectivity index (χ3n) is 3.14. The van der Waals surface area contributed by atoms with Crippen molar-refractivity contribution in [1.82, 2.24) is 9.78 Å². The van der Waals surface area contributed by atoms with E-state index in [1.165, 1.54) is 32.6 Å². The van der Waals surface area contributed by atoms with Gasteiger partial charge in [0.15, 0.2) is 0 Å². The molecule has 0 saturated heterocycles. The van der Waals surface area contributed by atoms with Crippen LogP contribution in [0.1, 0.15) is 58.2 Å². The molecular weight excluding hydrogens is 278 g/mol. The molecule has 6 heteroatoms. The number of aryl methyl sites for hydroxylation is 1. The van der Waals surface area contributed by atoms with Crippen LogP contribution in [0.5, 0.6) is 0 Å². The van der Waals surface area contributed by atoms with Crippen molar-refractivity contribution in [3.8, 4) is 6.07 Å². The molecule has 2 saturated carbocycles. The minimum absolute atomic E-state index is 0. The van der Waals surface area contributed by atoms with Gasteiger partial charge in [0.05, 0.1) is 24.2 Å². The maximum atomic E-state index is 9.82. The van der Waals surface area contributed by atoms with Crippen LogP contribution in [0.25, 0.3) is 0 Å². The number of carbonyl (C=O) groups is 1. The zero-order valence-corrected chi connectivity index (χ0v) is 12.9. The molecule has 1 aromatic rings. The molecule has 2 fully saturated rings. The van der Waals surface area contributed by atoms with Gasteiger partial charge < -0.3 is 11.5 Å². The van der Waals surface area contributed by atoms with Crippen molar-refractivity contribution in [2.75, 3.05) is 12.3 Å². The second kappa shape index (κ2) is 9.96. The molecule has 0 aromatic carbocycles. The van der Waals surface area contributed by atoms with Gasteiger partial charge in [-0.1, -0.05) is 7.43 Å². The zero-order valence-electron chi connectivity index (χ0n) is 12.9. The average molecular weight is 307 g/mol. The molecule has 1 heterocycles. The highest BCUT2D eigenvalue weighted by Crippen LogP contribution is 2.36. The van der Waals surface area contributed by atoms with Crippen LogP contribution in [0.2, 0.25) is 0 Å². The molecule has 1 aromatic heterocycles. The quantitative estimate of drug-likeness (QED) is 0.891. The number of nitrogen functional groups attached to an aromatic ring is 1. The van der Waals surface area contributed by atoms with Crippen molar-refractivity contribution in [1.29, 1.82) is 5.26 Å². The largest absolute Gasteiger partial charge is 0.384 e. The van der Waals surface area contributed by atoms with E-state index in [0.717, 1.165) is 24.0 Å². The third kappa shape index (κ3) is 8.42. The van der Waals surface area contributed by atoms with Crippen LogP contribution < -0.4 is 11.5 Å². The van der Waals surface area contributed by atoms with Crippen LogP contribution in [0.15, 0.2) is 6.07 Å². The van der Waals surface area contributed by atoms with E-state index in [1.807, 2.05) is 17.7 Å². The fourth-order valence-corrected chi connectivity index (χ4v) is 1.61. The summed E-state index contributed by atoms with van der Waals surface area (Å²) in [7, 11) is 0. The number of aromatic nitrogens is 2. The van der Waals surface area contributed by atoms with E-state index in [2.05, 4.69) is 5.10 Å². The zero-order chi connectivity index (χ0) is 15.8. The molecule has 0 aliphatic heterocycles. The number of nitrogens with two attached hydrogens (primary N) is 2. The molecular formula is C16H29N5O. The molecule has 6 nitrogen and oxygen atoms in total. The normalized spacial score (nSPS) is 15.2. The summed E-state index contributed by atoms with van der Waals surface area (Å²) in [6.45, 7) is 4.28. The average Bonchev–Trinajstić information content (AvgIpc) is 3.31. The lowest BCUT2D eigenvalue weighted by Crippen LogP contribution is -2.01. The molecule has 22 heavy (non-hydrogen) atoms. The highest BCUT2D eigenvalue weighted by atomic mass is 16.1. The van der Waals surface area contributed by atoms with Gasteiger partial charge in [-0.05, 0) is 52.0 Å². The van der Waals surface area contributed by atoms with Crippen molar-refractivity contribution < 1.29 is 4.79 Å². The number of nitrogens with zero attached hydrogens (tertiary/aromatic N) is 3. The number of ketones is 1. The molecule has 0 radical (unpaired) electrons. The molecule has 4 N–H and O–H groups in total. The predicted octanol–water partition coefficient (Wildman–Crippen LogP) is 2.59. The van der Waals surface area contributed by atoms with Crippen molar-refractivity contribution >= 4 is 11.6 Å². The maximum absolute atomic E-state index is 9.82. The molecule has 0 atom stereocenters. The molecule has 0 unspecified atom stereocenters. The van der Waals surface area contributed by atoms with Crippen LogP contribution >= 0.6 is 0 Å². The summed E-state index contributed by atoms with van der Waals surface area (Å²) in [6.07, 6.45) is 5.30. The number of rotatable bonds is 3. The minimum atomic E-state index is -0.0718. The molecule has 0 amide bonds. The van der Waals surface area contributed by atoms with Gasteiger partial charge in [0, 0.05) is 6.07 Å². The highest BCUT2D eigenvalue weighted by molar-refractivity contribution is 5.77. The Bertz CT molecular complexity index is 495. The first kappa shape index (κ1) is 20.1. The Kier molecular flexibility index (Phi) is 9.11. The summed E-state index contributed by atoms with van der Waals surface area (Å²) in [5.74, 6) is 1.65. The second-order valence-corrected chi connectivity index (χ2v) is 5.60. The number of Topliss-reactive ketones (excluding diaryl/α,β-unsaturated/α-hetero) is 1. The number of nitriles is 1. The van der Waals surface area contributed by atoms with E-state index in [0.29, 0.717) is 6.04 Å². The van der Waals surface area contributed by atoms with Gasteiger partial charge in [-0.3, -0.25) is 4.79 Å². The second-order valence-electron chi connectivity index (χ2n) is 5.60. The Morgan fingerprint density at radius 1 is 1.45 bits per heavy atom. The van der Waals surface area contributed by atoms with E-state index < -0.39 is 0 Å². The summed E-state index contributed by atoms with van der Waals surface area (Å²) < 4.78 is 1.93. The highest BCUT2D eigenvalue weighted by Gasteiger charge is 2.25. The summed E-state index contributed by atoms with van der Waals surface area (Å²) in [4.78, 5) is 9.82. The van der Waals surface area contributed by atoms with Crippen LogP contribution in [0.3, 0.4) is 0 Å². The molecule has 124 valence electrons. The summed E-state index contributed by atoms with van der Waals surface area (Å²) >= 11 is 0. The van der Waals surface area contributed by atoms with Gasteiger partial charge in [-0.2, -0.15) is 10.4 Å². The van der Waals surface area contributed by atoms with Crippen LogP contribution in [-0.4, -0.2) is 22.1 Å². The Hall–Kier alpha value is -1.87. The van der Waals surface area contributed by atoms with Crippen molar-refractivity contribution in [3.05, 3.63) is 11.8 Å². The Morgan fingerprint density at radius 3 is 2.23 bits per heavy atom. The smallest absolute Gasteiger partial charge is 0.143 e. The lowest BCUT2D eigenvalue weighted by atomic mass is 10.3. The fraction of sp³-hybridized carbons (Fsp3) is 0.688. The third-order valence-corrected chi connectivity index (χ3v) is 3.14. The van der Waals surface area contributed by atoms with Crippen LogP contribution in [0, 0.1) is 24.2 Å². The monoisotopic (exact) mass is 307 g/mol. The van der Waals surface area contributed by atoms with Crippen LogP contribution in [-0.2, 0) is 4.79 Å². The van der Waals surface area contributed by atoms with Crippen LogP contribution in [0.4, 0.5) is 5.82 Å². The standard InChI is InChI=1S/C7H11N3.C4H5NO.C4H9N.CH4/c1-5-4-7(8)10(9-5)6-2-3-6;1-4(6)2-3-5;5-3-4-1-2-4;/h4,6H,2-3,8H2,1H3;2H2,1H3;4H,1-3,5H2;1H4. The minimum Gasteiger partial charge on any atom is -0.384 e. The first-order valence-electron chi connectivity index (χ1n) is 7.36. The lowest BCUT2D eigenvalue weighted by molar-refractivity contribution is -0.116. The van der Waals surface area contributed by atoms with Gasteiger partial charge in [-0.15, -0.1) is 0 Å². The number of hydrogen-bond acceptors (Lipinski definition) is 5. The Labute approximate surface area is 133 Å². The number of hydrogen-bond donors (Lipinski definition) is 2. The molecule has 0 spiro atoms. The summed E-state index contributed by atoms with van der Waals surface area (Å²) in [5.41, 5.74) is 11.9. The van der Waals surface area contributed by atoms with Crippen molar-refractivity contribution in [2.45, 2.75) is 59.4 Å². The van der Waals surface area contributed by atoms with Gasteiger partial charge in [0.2, 0.25) is 0 Å². The van der Waals surface area contributed by atoms with E-state index >= 15 is 0 Å². The molecule has 3 rings (SSSR count). The van der Waals surface area contributed by atoms with Gasteiger partial charge in [-0.25, -0.2) is 4.68 Å². The van der Waals surface area contributed by atoms with Gasteiger partial charge in [0.25, 0.3) is 0 Å². The van der Waals surface area contributed by atoms with E-state index in [9.17, 15) is 4.79 Å². The summed E-state index contributed by atoms with van der Waals surface area (Å²) in [6, 6.07) is 4.24. The Balaban J connectivity index is 0.000000320. The van der Waals surface area contributed by atoms with E-state index in [1.54, 1.807) is 6.07 Å². The summed E-state index contributed by atoms with van der Waals surface area (Å²) in [5, 5.41) is 12.0. The fourth-order valence-electron chi connectivity index (χ4n) is 1.61. The molecule has 2 aliphatic rings. The number of anilines is 1. The first-order chi connectivity index (χ1) is 9.97. The first-order valence-corrected chi connectivity index (χ1v) is 7.36. The van der Waals surface area contributed by atoms with Gasteiger partial charge in [0.1, 0.15) is 11.6 Å². The molecule has 2 aliphatic carbocycles. The molecule has 0 bridgehead atoms. The van der Waals surface area contributed by atoms with Gasteiger partial charge >= 0.3 is 0 Å². The number of carbonyl (C=O) groups excluding carboxylic acids is 1. The van der Waals surface area contributed by atoms with Crippen molar-refractivity contribution in [2.24, 2.45) is 11.7 Å². The maximum Gasteiger partial charge on any atom is 0.143 e. The lowest BCUT2D eigenvalue weighted by Gasteiger charge is -1.97. The Morgan fingerprint density at radius 2 is 2.05 bits per heavy atom. The predicted molar refractivity (Wildman–Crippen MR) is 89.1 cm³/mol. The van der Waals surface area contributed by atoms with E-state index in [4.69, 9.17) is 16.7 Å². The topological polar surface area (TPSA) is 111 Å². The SMILES string of the molecule is C.CC(=O)CC#N.Cc1cc(N)n(C2CC2)n1.NCC1CC1. The van der Waals surface area contributed by atoms with E-state index in [-0.39, 0.29) is 19.6 Å². The van der Waals surface area contributed by atoms with Crippen molar-refractivity contribution in [3.63, 3.8) is 0 Å².